The summed E-state index contributed by atoms with van der Waals surface area (Å²) in [4.78, 5) is 29.3. The Morgan fingerprint density at radius 2 is 1.80 bits per heavy atom. The Balaban J connectivity index is 1.58. The molecule has 0 saturated carbocycles. The van der Waals surface area contributed by atoms with E-state index in [0.29, 0.717) is 32.8 Å². The largest absolute Gasteiger partial charge is 0.460 e. The molecule has 7 nitrogen and oxygen atoms in total. The highest BCUT2D eigenvalue weighted by Crippen LogP contribution is 2.29. The molecule has 0 bridgehead atoms. The smallest absolute Gasteiger partial charge is 0.410 e. The normalized spacial score (nSPS) is 22.5. The van der Waals surface area contributed by atoms with E-state index in [2.05, 4.69) is 4.90 Å². The first kappa shape index (κ1) is 22.6. The molecule has 0 radical (unpaired) electrons. The van der Waals surface area contributed by atoms with Gasteiger partial charge in [-0.15, -0.1) is 0 Å². The van der Waals surface area contributed by atoms with Gasteiger partial charge in [0, 0.05) is 26.2 Å². The zero-order valence-electron chi connectivity index (χ0n) is 18.7. The average molecular weight is 419 g/mol. The molecule has 0 aliphatic carbocycles. The fourth-order valence-electron chi connectivity index (χ4n) is 3.96. The van der Waals surface area contributed by atoms with Crippen molar-refractivity contribution in [3.8, 4) is 0 Å². The lowest BCUT2D eigenvalue weighted by molar-refractivity contribution is -0.166. The molecule has 2 unspecified atom stereocenters. The van der Waals surface area contributed by atoms with Crippen molar-refractivity contribution in [3.05, 3.63) is 35.9 Å². The predicted molar refractivity (Wildman–Crippen MR) is 113 cm³/mol. The molecule has 2 atom stereocenters. The molecule has 7 heteroatoms. The number of morpholine rings is 1. The molecule has 1 amide bonds. The number of hydrogen-bond acceptors (Lipinski definition) is 6. The molecule has 2 aliphatic heterocycles. The number of esters is 1. The highest BCUT2D eigenvalue weighted by molar-refractivity contribution is 5.76. The first-order chi connectivity index (χ1) is 14.0. The van der Waals surface area contributed by atoms with E-state index in [1.807, 2.05) is 65.0 Å². The number of ether oxygens (including phenoxy) is 3. The maximum Gasteiger partial charge on any atom is 0.410 e. The van der Waals surface area contributed by atoms with Gasteiger partial charge in [-0.05, 0) is 40.2 Å². The van der Waals surface area contributed by atoms with Crippen molar-refractivity contribution in [2.75, 3.05) is 32.8 Å². The van der Waals surface area contributed by atoms with Gasteiger partial charge in [-0.1, -0.05) is 30.3 Å². The molecule has 0 aromatic heterocycles. The SMILES string of the molecule is CC(C)(C)OC(=O)C(C)(C)CN1CC2OCCN(C(=O)OCc3ccccc3)C2C1. The lowest BCUT2D eigenvalue weighted by Gasteiger charge is -2.36. The Labute approximate surface area is 179 Å². The van der Waals surface area contributed by atoms with E-state index in [0.717, 1.165) is 5.56 Å². The lowest BCUT2D eigenvalue weighted by atomic mass is 9.92. The van der Waals surface area contributed by atoms with Gasteiger partial charge in [0.15, 0.2) is 0 Å². The zero-order valence-corrected chi connectivity index (χ0v) is 18.7. The molecule has 30 heavy (non-hydrogen) atoms. The molecule has 0 spiro atoms. The molecule has 1 aromatic rings. The van der Waals surface area contributed by atoms with Crippen LogP contribution >= 0.6 is 0 Å². The van der Waals surface area contributed by atoms with Gasteiger partial charge in [-0.25, -0.2) is 4.79 Å². The molecule has 1 aromatic carbocycles. The summed E-state index contributed by atoms with van der Waals surface area (Å²) >= 11 is 0. The van der Waals surface area contributed by atoms with Gasteiger partial charge in [0.1, 0.15) is 12.2 Å². The number of fused-ring (bicyclic) bond motifs is 1. The topological polar surface area (TPSA) is 68.3 Å². The van der Waals surface area contributed by atoms with E-state index < -0.39 is 11.0 Å². The van der Waals surface area contributed by atoms with Crippen LogP contribution in [0.25, 0.3) is 0 Å². The molecular formula is C23H34N2O5. The Bertz CT molecular complexity index is 744. The number of rotatable bonds is 5. The molecule has 0 N–H and O–H groups in total. The van der Waals surface area contributed by atoms with Gasteiger partial charge >= 0.3 is 12.1 Å². The summed E-state index contributed by atoms with van der Waals surface area (Å²) in [7, 11) is 0. The van der Waals surface area contributed by atoms with Crippen molar-refractivity contribution in [2.45, 2.75) is 59.0 Å². The number of benzene rings is 1. The first-order valence-electron chi connectivity index (χ1n) is 10.6. The van der Waals surface area contributed by atoms with Crippen LogP contribution in [0.2, 0.25) is 0 Å². The van der Waals surface area contributed by atoms with Crippen molar-refractivity contribution in [2.24, 2.45) is 5.41 Å². The summed E-state index contributed by atoms with van der Waals surface area (Å²) in [6.07, 6.45) is -0.386. The highest BCUT2D eigenvalue weighted by atomic mass is 16.6. The number of hydrogen-bond donors (Lipinski definition) is 0. The maximum atomic E-state index is 12.7. The van der Waals surface area contributed by atoms with E-state index in [-0.39, 0.29) is 30.8 Å². The molecule has 3 rings (SSSR count). The third-order valence-corrected chi connectivity index (χ3v) is 5.39. The van der Waals surface area contributed by atoms with Crippen LogP contribution < -0.4 is 0 Å². The Morgan fingerprint density at radius 3 is 2.47 bits per heavy atom. The summed E-state index contributed by atoms with van der Waals surface area (Å²) in [6.45, 7) is 12.6. The maximum absolute atomic E-state index is 12.7. The van der Waals surface area contributed by atoms with Gasteiger partial charge in [0.05, 0.1) is 24.2 Å². The quantitative estimate of drug-likeness (QED) is 0.685. The van der Waals surface area contributed by atoms with E-state index in [1.165, 1.54) is 0 Å². The molecule has 2 aliphatic rings. The number of likely N-dealkylation sites (tertiary alicyclic amines) is 1. The van der Waals surface area contributed by atoms with Crippen molar-refractivity contribution < 1.29 is 23.8 Å². The second kappa shape index (κ2) is 8.94. The summed E-state index contributed by atoms with van der Waals surface area (Å²) < 4.78 is 17.1. The molecule has 166 valence electrons. The van der Waals surface area contributed by atoms with Crippen molar-refractivity contribution >= 4 is 12.1 Å². The van der Waals surface area contributed by atoms with E-state index >= 15 is 0 Å². The van der Waals surface area contributed by atoms with E-state index in [9.17, 15) is 9.59 Å². The van der Waals surface area contributed by atoms with Crippen LogP contribution in [0, 0.1) is 5.41 Å². The molecule has 2 heterocycles. The van der Waals surface area contributed by atoms with Gasteiger partial charge in [-0.3, -0.25) is 14.6 Å². The molecular weight excluding hydrogens is 384 g/mol. The predicted octanol–water partition coefficient (Wildman–Crippen LogP) is 3.08. The second-order valence-electron chi connectivity index (χ2n) is 9.79. The standard InChI is InChI=1S/C23H34N2O5/c1-22(2,3)30-20(26)23(4,5)16-24-13-18-19(14-24)28-12-11-25(18)21(27)29-15-17-9-7-6-8-10-17/h6-10,18-19H,11-16H2,1-5H3. The van der Waals surface area contributed by atoms with Crippen LogP contribution in [-0.4, -0.2) is 72.4 Å². The minimum absolute atomic E-state index is 0.0718. The fourth-order valence-corrected chi connectivity index (χ4v) is 3.96. The van der Waals surface area contributed by atoms with Gasteiger partial charge < -0.3 is 14.2 Å². The zero-order chi connectivity index (χ0) is 21.9. The van der Waals surface area contributed by atoms with Crippen LogP contribution in [-0.2, 0) is 25.6 Å². The van der Waals surface area contributed by atoms with Crippen molar-refractivity contribution in [3.63, 3.8) is 0 Å². The Kier molecular flexibility index (Phi) is 6.72. The van der Waals surface area contributed by atoms with Gasteiger partial charge in [0.25, 0.3) is 0 Å². The number of carbonyl (C=O) groups excluding carboxylic acids is 2. The Hall–Kier alpha value is -2.12. The summed E-state index contributed by atoms with van der Waals surface area (Å²) in [6, 6.07) is 9.59. The van der Waals surface area contributed by atoms with Crippen LogP contribution in [0.4, 0.5) is 4.79 Å². The summed E-state index contributed by atoms with van der Waals surface area (Å²) in [5, 5.41) is 0. The van der Waals surface area contributed by atoms with Crippen LogP contribution in [0.1, 0.15) is 40.2 Å². The van der Waals surface area contributed by atoms with Gasteiger partial charge in [0.2, 0.25) is 0 Å². The van der Waals surface area contributed by atoms with Crippen molar-refractivity contribution in [1.82, 2.24) is 9.80 Å². The Morgan fingerprint density at radius 1 is 1.10 bits per heavy atom. The minimum Gasteiger partial charge on any atom is -0.460 e. The fraction of sp³-hybridized carbons (Fsp3) is 0.652. The number of amides is 1. The van der Waals surface area contributed by atoms with Crippen LogP contribution in [0.15, 0.2) is 30.3 Å². The third kappa shape index (κ3) is 5.73. The lowest BCUT2D eigenvalue weighted by Crippen LogP contribution is -2.53. The number of nitrogens with zero attached hydrogens (tertiary/aromatic N) is 2. The third-order valence-electron chi connectivity index (χ3n) is 5.39. The monoisotopic (exact) mass is 418 g/mol. The minimum atomic E-state index is -0.653. The summed E-state index contributed by atoms with van der Waals surface area (Å²) in [5.74, 6) is -0.218. The average Bonchev–Trinajstić information content (AvgIpc) is 3.07. The van der Waals surface area contributed by atoms with Crippen molar-refractivity contribution in [1.29, 1.82) is 0 Å². The van der Waals surface area contributed by atoms with E-state index in [4.69, 9.17) is 14.2 Å². The van der Waals surface area contributed by atoms with Gasteiger partial charge in [-0.2, -0.15) is 0 Å². The molecule has 2 saturated heterocycles. The van der Waals surface area contributed by atoms with E-state index in [1.54, 1.807) is 4.90 Å². The van der Waals surface area contributed by atoms with Crippen LogP contribution in [0.5, 0.6) is 0 Å². The summed E-state index contributed by atoms with van der Waals surface area (Å²) in [5.41, 5.74) is -0.210. The number of carbonyl (C=O) groups is 2. The molecule has 2 fully saturated rings. The highest BCUT2D eigenvalue weighted by Gasteiger charge is 2.45. The van der Waals surface area contributed by atoms with Crippen LogP contribution in [0.3, 0.4) is 0 Å². The first-order valence-corrected chi connectivity index (χ1v) is 10.6. The second-order valence-corrected chi connectivity index (χ2v) is 9.79.